The smallest absolute Gasteiger partial charge is 0.482 e. The van der Waals surface area contributed by atoms with Gasteiger partial charge in [0.05, 0.1) is 0 Å². The molecule has 0 unspecified atom stereocenters. The zero-order chi connectivity index (χ0) is 8.39. The average Bonchev–Trinajstić information content (AvgIpc) is 2.17. The summed E-state index contributed by atoms with van der Waals surface area (Å²) in [7, 11) is 0. The highest BCUT2D eigenvalue weighted by atomic mass is 27.1. The summed E-state index contributed by atoms with van der Waals surface area (Å²) < 4.78 is 5.05. The van der Waals surface area contributed by atoms with Gasteiger partial charge in [-0.3, -0.25) is 0 Å². The largest absolute Gasteiger partial charge is 0.652 e. The molecular weight excluding hydrogens is 167 g/mol. The van der Waals surface area contributed by atoms with Crippen molar-refractivity contribution in [2.45, 2.75) is 0 Å². The molecule has 0 aliphatic rings. The third kappa shape index (κ3) is 1.16. The third-order valence-electron chi connectivity index (χ3n) is 1.62. The van der Waals surface area contributed by atoms with E-state index in [0.29, 0.717) is 0 Å². The van der Waals surface area contributed by atoms with Crippen molar-refractivity contribution in [1.82, 2.24) is 9.97 Å². The highest BCUT2D eigenvalue weighted by Crippen LogP contribution is 2.20. The predicted octanol–water partition coefficient (Wildman–Crippen LogP) is 1.09. The second-order valence-electron chi connectivity index (χ2n) is 2.33. The van der Waals surface area contributed by atoms with Crippen LogP contribution in [0.15, 0.2) is 30.7 Å². The number of para-hydroxylation sites is 1. The summed E-state index contributed by atoms with van der Waals surface area (Å²) in [6.45, 7) is 0. The summed E-state index contributed by atoms with van der Waals surface area (Å²) in [5, 5.41) is 0.984. The first-order chi connectivity index (χ1) is 5.92. The highest BCUT2D eigenvalue weighted by Gasteiger charge is 1.98. The number of benzene rings is 1. The molecule has 2 aromatic rings. The van der Waals surface area contributed by atoms with E-state index < -0.39 is 0 Å². The lowest BCUT2D eigenvalue weighted by atomic mass is 10.2. The predicted molar refractivity (Wildman–Crippen MR) is 45.9 cm³/mol. The Kier molecular flexibility index (Phi) is 1.95. The second-order valence-corrected chi connectivity index (χ2v) is 2.57. The van der Waals surface area contributed by atoms with Gasteiger partial charge in [-0.15, -0.1) is 0 Å². The van der Waals surface area contributed by atoms with E-state index in [1.54, 1.807) is 6.20 Å². The van der Waals surface area contributed by atoms with Crippen LogP contribution in [0.4, 0.5) is 0 Å². The molecule has 0 bridgehead atoms. The number of fused-ring (bicyclic) bond motifs is 1. The van der Waals surface area contributed by atoms with Gasteiger partial charge in [0.25, 0.3) is 0 Å². The van der Waals surface area contributed by atoms with Crippen LogP contribution in [-0.2, 0) is 0 Å². The molecule has 2 rings (SSSR count). The molecule has 1 aromatic heterocycles. The third-order valence-corrected chi connectivity index (χ3v) is 1.88. The fourth-order valence-electron chi connectivity index (χ4n) is 1.08. The molecule has 1 aromatic carbocycles. The lowest BCUT2D eigenvalue weighted by molar-refractivity contribution is 0.622. The van der Waals surface area contributed by atoms with Crippen LogP contribution < -0.4 is 3.79 Å². The van der Waals surface area contributed by atoms with Gasteiger partial charge >= 0.3 is 16.6 Å². The first-order valence-corrected chi connectivity index (χ1v) is 3.94. The van der Waals surface area contributed by atoms with E-state index >= 15 is 0 Å². The number of hydrogen-bond donors (Lipinski definition) is 0. The molecule has 0 N–H and O–H groups in total. The van der Waals surface area contributed by atoms with E-state index in [1.165, 1.54) is 6.33 Å². The maximum Gasteiger partial charge on any atom is 0.482 e. The first-order valence-electron chi connectivity index (χ1n) is 3.47. The van der Waals surface area contributed by atoms with Crippen LogP contribution in [0, 0.1) is 0 Å². The van der Waals surface area contributed by atoms with Crippen molar-refractivity contribution in [3.63, 3.8) is 0 Å². The first kappa shape index (κ1) is 7.54. The van der Waals surface area contributed by atoms with Crippen molar-refractivity contribution in [2.24, 2.45) is 0 Å². The topological polar surface area (TPSA) is 35.0 Å². The molecule has 0 amide bonds. The SMILES string of the molecule is [Al][O]c1cccc2cncnc12. The maximum atomic E-state index is 5.05. The van der Waals surface area contributed by atoms with E-state index in [9.17, 15) is 0 Å². The van der Waals surface area contributed by atoms with Gasteiger partial charge in [-0.05, 0) is 6.07 Å². The van der Waals surface area contributed by atoms with E-state index in [4.69, 9.17) is 3.79 Å². The van der Waals surface area contributed by atoms with Gasteiger partial charge < -0.3 is 3.79 Å². The van der Waals surface area contributed by atoms with Crippen molar-refractivity contribution in [2.75, 3.05) is 0 Å². The van der Waals surface area contributed by atoms with Crippen molar-refractivity contribution in [3.8, 4) is 5.75 Å². The Hall–Kier alpha value is -1.11. The van der Waals surface area contributed by atoms with E-state index in [1.807, 2.05) is 18.2 Å². The molecule has 3 nitrogen and oxygen atoms in total. The summed E-state index contributed by atoms with van der Waals surface area (Å²) >= 11 is 2.21. The molecule has 1 heterocycles. The molecule has 56 valence electrons. The summed E-state index contributed by atoms with van der Waals surface area (Å²) in [5.41, 5.74) is 0.836. The molecule has 0 aliphatic heterocycles. The van der Waals surface area contributed by atoms with Gasteiger partial charge in [-0.1, -0.05) is 12.1 Å². The molecule has 12 heavy (non-hydrogen) atoms. The van der Waals surface area contributed by atoms with Gasteiger partial charge in [-0.25, -0.2) is 9.97 Å². The van der Waals surface area contributed by atoms with Crippen molar-refractivity contribution >= 4 is 27.5 Å². The molecule has 0 saturated carbocycles. The van der Waals surface area contributed by atoms with Crippen LogP contribution in [0.25, 0.3) is 10.9 Å². The second kappa shape index (κ2) is 3.10. The Morgan fingerprint density at radius 1 is 1.33 bits per heavy atom. The zero-order valence-corrected chi connectivity index (χ0v) is 7.42. The zero-order valence-electron chi connectivity index (χ0n) is 6.27. The van der Waals surface area contributed by atoms with Crippen LogP contribution in [0.3, 0.4) is 0 Å². The molecular formula is C8H5AlN2O. The van der Waals surface area contributed by atoms with Crippen LogP contribution in [-0.4, -0.2) is 26.6 Å². The molecule has 0 aliphatic carbocycles. The van der Waals surface area contributed by atoms with E-state index in [-0.39, 0.29) is 0 Å². The normalized spacial score (nSPS) is 10.0. The Balaban J connectivity index is 2.79. The van der Waals surface area contributed by atoms with E-state index in [0.717, 1.165) is 16.7 Å². The summed E-state index contributed by atoms with van der Waals surface area (Å²) in [6, 6.07) is 5.72. The lowest BCUT2D eigenvalue weighted by Gasteiger charge is -2.04. The number of hydrogen-bond acceptors (Lipinski definition) is 3. The van der Waals surface area contributed by atoms with Gasteiger partial charge in [-0.2, -0.15) is 0 Å². The number of rotatable bonds is 1. The summed E-state index contributed by atoms with van der Waals surface area (Å²) in [4.78, 5) is 8.02. The van der Waals surface area contributed by atoms with Gasteiger partial charge in [0, 0.05) is 11.6 Å². The highest BCUT2D eigenvalue weighted by molar-refractivity contribution is 6.01. The fourth-order valence-corrected chi connectivity index (χ4v) is 1.27. The van der Waals surface area contributed by atoms with Crippen LogP contribution >= 0.6 is 0 Å². The van der Waals surface area contributed by atoms with E-state index in [2.05, 4.69) is 26.6 Å². The quantitative estimate of drug-likeness (QED) is 0.604. The van der Waals surface area contributed by atoms with Crippen molar-refractivity contribution in [1.29, 1.82) is 0 Å². The average molecular weight is 172 g/mol. The van der Waals surface area contributed by atoms with Crippen LogP contribution in [0.5, 0.6) is 5.75 Å². The molecule has 4 heteroatoms. The molecule has 0 atom stereocenters. The molecule has 0 fully saturated rings. The minimum Gasteiger partial charge on any atom is -0.652 e. The lowest BCUT2D eigenvalue weighted by Crippen LogP contribution is -1.88. The fraction of sp³-hybridized carbons (Fsp3) is 0. The van der Waals surface area contributed by atoms with Gasteiger partial charge in [0.15, 0.2) is 0 Å². The van der Waals surface area contributed by atoms with Crippen molar-refractivity contribution in [3.05, 3.63) is 30.7 Å². The number of aromatic nitrogens is 2. The Morgan fingerprint density at radius 2 is 2.25 bits per heavy atom. The molecule has 0 spiro atoms. The Morgan fingerprint density at radius 3 is 3.08 bits per heavy atom. The Labute approximate surface area is 78.2 Å². The van der Waals surface area contributed by atoms with Gasteiger partial charge in [0.2, 0.25) is 0 Å². The monoisotopic (exact) mass is 172 g/mol. The van der Waals surface area contributed by atoms with Crippen LogP contribution in [0.2, 0.25) is 0 Å². The molecule has 0 saturated heterocycles. The molecule has 2 radical (unpaired) electrons. The minimum absolute atomic E-state index is 0.750. The van der Waals surface area contributed by atoms with Gasteiger partial charge in [0.1, 0.15) is 17.6 Å². The summed E-state index contributed by atoms with van der Waals surface area (Å²) in [5.74, 6) is 0.750. The maximum absolute atomic E-state index is 5.05. The Bertz CT molecular complexity index is 400. The standard InChI is InChI=1S/C8H6N2O.Al/c11-7-3-1-2-6-4-9-5-10-8(6)7;/h1-5,11H;/q;+1/p-1. The van der Waals surface area contributed by atoms with Crippen molar-refractivity contribution < 1.29 is 3.79 Å². The number of nitrogens with zero attached hydrogens (tertiary/aromatic N) is 2. The minimum atomic E-state index is 0.750. The summed E-state index contributed by atoms with van der Waals surface area (Å²) in [6.07, 6.45) is 3.27. The van der Waals surface area contributed by atoms with Crippen LogP contribution in [0.1, 0.15) is 0 Å².